The van der Waals surface area contributed by atoms with Gasteiger partial charge >= 0.3 is 0 Å². The molecular weight excluding hydrogens is 260 g/mol. The van der Waals surface area contributed by atoms with Gasteiger partial charge in [0.15, 0.2) is 0 Å². The largest absolute Gasteiger partial charge is 0.396 e. The molecule has 1 atom stereocenters. The van der Waals surface area contributed by atoms with E-state index >= 15 is 0 Å². The van der Waals surface area contributed by atoms with Crippen molar-refractivity contribution >= 4 is 22.0 Å². The molecule has 5 nitrogen and oxygen atoms in total. The second-order valence-electron chi connectivity index (χ2n) is 3.91. The first-order valence-corrected chi connectivity index (χ1v) is 8.45. The lowest BCUT2D eigenvalue weighted by atomic mass is 10.3. The predicted octanol–water partition coefficient (Wildman–Crippen LogP) is 0.667. The number of aliphatic hydroxyl groups is 1. The summed E-state index contributed by atoms with van der Waals surface area (Å²) in [6, 6.07) is -0.0596. The Morgan fingerprint density at radius 1 is 1.47 bits per heavy atom. The monoisotopic (exact) mass is 284 g/mol. The molecule has 104 valence electrons. The molecule has 0 aromatic carbocycles. The molecule has 2 N–H and O–H groups in total. The molecule has 0 amide bonds. The van der Waals surface area contributed by atoms with Crippen molar-refractivity contribution in [1.82, 2.24) is 9.03 Å². The summed E-state index contributed by atoms with van der Waals surface area (Å²) in [5, 5.41) is 8.66. The van der Waals surface area contributed by atoms with Crippen molar-refractivity contribution < 1.29 is 13.5 Å². The molecule has 0 fully saturated rings. The van der Waals surface area contributed by atoms with Gasteiger partial charge in [-0.15, -0.1) is 0 Å². The quantitative estimate of drug-likeness (QED) is 0.578. The molecule has 0 aromatic heterocycles. The zero-order valence-electron chi connectivity index (χ0n) is 10.8. The van der Waals surface area contributed by atoms with Gasteiger partial charge in [-0.1, -0.05) is 6.92 Å². The van der Waals surface area contributed by atoms with Gasteiger partial charge in [0.05, 0.1) is 0 Å². The van der Waals surface area contributed by atoms with Gasteiger partial charge < -0.3 is 5.11 Å². The van der Waals surface area contributed by atoms with Crippen LogP contribution in [0.2, 0.25) is 0 Å². The predicted molar refractivity (Wildman–Crippen MR) is 73.5 cm³/mol. The molecule has 0 saturated heterocycles. The summed E-state index contributed by atoms with van der Waals surface area (Å²) < 4.78 is 27.5. The lowest BCUT2D eigenvalue weighted by molar-refractivity contribution is 0.275. The van der Waals surface area contributed by atoms with Gasteiger partial charge in [0, 0.05) is 26.2 Å². The minimum Gasteiger partial charge on any atom is -0.396 e. The molecule has 0 spiro atoms. The van der Waals surface area contributed by atoms with Gasteiger partial charge in [-0.3, -0.25) is 0 Å². The second kappa shape index (κ2) is 9.16. The van der Waals surface area contributed by atoms with Crippen LogP contribution in [0.15, 0.2) is 0 Å². The molecule has 0 radical (unpaired) electrons. The fourth-order valence-corrected chi connectivity index (χ4v) is 3.21. The van der Waals surface area contributed by atoms with Crippen molar-refractivity contribution in [3.05, 3.63) is 0 Å². The normalized spacial score (nSPS) is 14.2. The average molecular weight is 284 g/mol. The highest BCUT2D eigenvalue weighted by atomic mass is 32.2. The Morgan fingerprint density at radius 2 is 2.12 bits per heavy atom. The Bertz CT molecular complexity index is 283. The van der Waals surface area contributed by atoms with E-state index in [1.807, 2.05) is 6.92 Å². The van der Waals surface area contributed by atoms with Crippen molar-refractivity contribution in [3.63, 3.8) is 0 Å². The zero-order chi connectivity index (χ0) is 13.3. The molecule has 0 rings (SSSR count). The summed E-state index contributed by atoms with van der Waals surface area (Å²) in [6.45, 7) is 4.29. The molecule has 0 aliphatic heterocycles. The minimum absolute atomic E-state index is 0.00253. The van der Waals surface area contributed by atoms with E-state index < -0.39 is 10.2 Å². The number of rotatable bonds is 10. The summed E-state index contributed by atoms with van der Waals surface area (Å²) >= 11 is 1.80. The Morgan fingerprint density at radius 3 is 2.65 bits per heavy atom. The molecule has 1 unspecified atom stereocenters. The summed E-state index contributed by atoms with van der Waals surface area (Å²) in [5.41, 5.74) is 0. The van der Waals surface area contributed by atoms with Crippen LogP contribution in [0, 0.1) is 0 Å². The van der Waals surface area contributed by atoms with E-state index in [9.17, 15) is 8.42 Å². The van der Waals surface area contributed by atoms with E-state index in [1.165, 1.54) is 11.4 Å². The minimum atomic E-state index is -3.41. The number of thioether (sulfide) groups is 1. The Balaban J connectivity index is 4.05. The van der Waals surface area contributed by atoms with Gasteiger partial charge in [-0.2, -0.15) is 29.2 Å². The first kappa shape index (κ1) is 17.2. The maximum atomic E-state index is 11.8. The van der Waals surface area contributed by atoms with E-state index in [-0.39, 0.29) is 12.6 Å². The van der Waals surface area contributed by atoms with Crippen molar-refractivity contribution in [2.24, 2.45) is 0 Å². The van der Waals surface area contributed by atoms with E-state index in [2.05, 4.69) is 11.6 Å². The summed E-state index contributed by atoms with van der Waals surface area (Å²) in [5.74, 6) is 2.01. The highest BCUT2D eigenvalue weighted by Gasteiger charge is 2.19. The highest BCUT2D eigenvalue weighted by Crippen LogP contribution is 2.05. The topological polar surface area (TPSA) is 69.6 Å². The van der Waals surface area contributed by atoms with Crippen molar-refractivity contribution in [2.45, 2.75) is 32.7 Å². The number of aliphatic hydroxyl groups excluding tert-OH is 1. The van der Waals surface area contributed by atoms with Gasteiger partial charge in [0.25, 0.3) is 10.2 Å². The maximum absolute atomic E-state index is 11.8. The van der Waals surface area contributed by atoms with Gasteiger partial charge in [0.1, 0.15) is 0 Å². The average Bonchev–Trinajstić information content (AvgIpc) is 2.25. The van der Waals surface area contributed by atoms with Crippen molar-refractivity contribution in [2.75, 3.05) is 31.7 Å². The maximum Gasteiger partial charge on any atom is 0.279 e. The van der Waals surface area contributed by atoms with E-state index in [0.717, 1.165) is 17.9 Å². The Hall–Kier alpha value is 0.180. The SMILES string of the molecule is CCSCCC(C)NS(=O)(=O)N(C)CCCO. The fourth-order valence-electron chi connectivity index (χ4n) is 1.22. The molecule has 0 bridgehead atoms. The van der Waals surface area contributed by atoms with Crippen LogP contribution in [0.5, 0.6) is 0 Å². The van der Waals surface area contributed by atoms with E-state index in [0.29, 0.717) is 13.0 Å². The first-order chi connectivity index (χ1) is 7.94. The molecule has 17 heavy (non-hydrogen) atoms. The van der Waals surface area contributed by atoms with Crippen LogP contribution < -0.4 is 4.72 Å². The van der Waals surface area contributed by atoms with Crippen LogP contribution in [0.25, 0.3) is 0 Å². The van der Waals surface area contributed by atoms with Gasteiger partial charge in [-0.05, 0) is 31.3 Å². The van der Waals surface area contributed by atoms with Gasteiger partial charge in [-0.25, -0.2) is 0 Å². The second-order valence-corrected chi connectivity index (χ2v) is 7.11. The molecular formula is C10H24N2O3S2. The third-order valence-corrected chi connectivity index (χ3v) is 4.93. The zero-order valence-corrected chi connectivity index (χ0v) is 12.5. The van der Waals surface area contributed by atoms with Crippen LogP contribution in [-0.2, 0) is 10.2 Å². The van der Waals surface area contributed by atoms with Crippen molar-refractivity contribution in [3.8, 4) is 0 Å². The highest BCUT2D eigenvalue weighted by molar-refractivity contribution is 7.99. The molecule has 0 heterocycles. The smallest absolute Gasteiger partial charge is 0.279 e. The third kappa shape index (κ3) is 7.99. The standard InChI is InChI=1S/C10H24N2O3S2/c1-4-16-9-6-10(2)11-17(14,15)12(3)7-5-8-13/h10-11,13H,4-9H2,1-3H3. The summed E-state index contributed by atoms with van der Waals surface area (Å²) in [7, 11) is -1.89. The summed E-state index contributed by atoms with van der Waals surface area (Å²) in [6.07, 6.45) is 1.28. The lowest BCUT2D eigenvalue weighted by Crippen LogP contribution is -2.43. The van der Waals surface area contributed by atoms with E-state index in [1.54, 1.807) is 11.8 Å². The molecule has 0 saturated carbocycles. The third-order valence-electron chi connectivity index (χ3n) is 2.29. The first-order valence-electron chi connectivity index (χ1n) is 5.86. The van der Waals surface area contributed by atoms with E-state index in [4.69, 9.17) is 5.11 Å². The Labute approximate surface area is 109 Å². The molecule has 7 heteroatoms. The molecule has 0 aliphatic rings. The molecule has 0 aromatic rings. The molecule has 0 aliphatic carbocycles. The number of hydrogen-bond donors (Lipinski definition) is 2. The van der Waals surface area contributed by atoms with Crippen LogP contribution in [0.1, 0.15) is 26.7 Å². The summed E-state index contributed by atoms with van der Waals surface area (Å²) in [4.78, 5) is 0. The van der Waals surface area contributed by atoms with Crippen LogP contribution in [0.4, 0.5) is 0 Å². The number of nitrogens with zero attached hydrogens (tertiary/aromatic N) is 1. The number of nitrogens with one attached hydrogen (secondary N) is 1. The fraction of sp³-hybridized carbons (Fsp3) is 1.00. The van der Waals surface area contributed by atoms with Gasteiger partial charge in [0.2, 0.25) is 0 Å². The number of hydrogen-bond acceptors (Lipinski definition) is 4. The van der Waals surface area contributed by atoms with Crippen LogP contribution >= 0.6 is 11.8 Å². The Kier molecular flexibility index (Phi) is 9.25. The van der Waals surface area contributed by atoms with Crippen molar-refractivity contribution in [1.29, 1.82) is 0 Å². The lowest BCUT2D eigenvalue weighted by Gasteiger charge is -2.20. The van der Waals surface area contributed by atoms with Crippen LogP contribution in [-0.4, -0.2) is 55.6 Å². The van der Waals surface area contributed by atoms with Crippen LogP contribution in [0.3, 0.4) is 0 Å².